The number of rotatable bonds is 10. The topological polar surface area (TPSA) is 151 Å². The summed E-state index contributed by atoms with van der Waals surface area (Å²) in [6, 6.07) is 6.58. The lowest BCUT2D eigenvalue weighted by Crippen LogP contribution is -2.41. The van der Waals surface area contributed by atoms with Crippen LogP contribution in [0.15, 0.2) is 41.6 Å². The van der Waals surface area contributed by atoms with Crippen molar-refractivity contribution in [3.05, 3.63) is 41.8 Å². The zero-order chi connectivity index (χ0) is 26.7. The monoisotopic (exact) mass is 551 g/mol. The molecule has 0 radical (unpaired) electrons. The number of aromatic nitrogens is 3. The van der Waals surface area contributed by atoms with Crippen LogP contribution in [0.5, 0.6) is 5.75 Å². The summed E-state index contributed by atoms with van der Waals surface area (Å²) in [4.78, 5) is 31.9. The summed E-state index contributed by atoms with van der Waals surface area (Å²) < 4.78 is 46.9. The molecule has 0 bridgehead atoms. The van der Waals surface area contributed by atoms with Gasteiger partial charge in [0, 0.05) is 19.6 Å². The van der Waals surface area contributed by atoms with Crippen molar-refractivity contribution in [3.63, 3.8) is 0 Å². The van der Waals surface area contributed by atoms with Gasteiger partial charge in [-0.1, -0.05) is 11.6 Å². The van der Waals surface area contributed by atoms with Gasteiger partial charge in [-0.25, -0.2) is 23.1 Å². The lowest BCUT2D eigenvalue weighted by Gasteiger charge is -2.21. The van der Waals surface area contributed by atoms with Gasteiger partial charge in [-0.3, -0.25) is 9.59 Å². The van der Waals surface area contributed by atoms with Crippen molar-refractivity contribution in [1.29, 1.82) is 0 Å². The lowest BCUT2D eigenvalue weighted by atomic mass is 10.2. The fourth-order valence-corrected chi connectivity index (χ4v) is 5.24. The number of benzene rings is 1. The van der Waals surface area contributed by atoms with E-state index in [2.05, 4.69) is 20.0 Å². The van der Waals surface area contributed by atoms with Crippen LogP contribution in [0.25, 0.3) is 11.2 Å². The van der Waals surface area contributed by atoms with Crippen molar-refractivity contribution in [2.45, 2.75) is 57.1 Å². The van der Waals surface area contributed by atoms with E-state index in [-0.39, 0.29) is 29.6 Å². The minimum absolute atomic E-state index is 0.125. The second-order valence-corrected chi connectivity index (χ2v) is 10.5. The molecule has 1 aliphatic rings. The van der Waals surface area contributed by atoms with Gasteiger partial charge in [-0.05, 0) is 38.1 Å². The molecular weight excluding hydrogens is 526 g/mol. The Balaban J connectivity index is 1.57. The molecule has 37 heavy (non-hydrogen) atoms. The Morgan fingerprint density at radius 2 is 2.11 bits per heavy atom. The van der Waals surface area contributed by atoms with Gasteiger partial charge in [0.2, 0.25) is 22.2 Å². The maximum Gasteiger partial charge on any atom is 0.310 e. The second-order valence-electron chi connectivity index (χ2n) is 8.39. The molecule has 1 aliphatic heterocycles. The largest absolute Gasteiger partial charge is 0.487 e. The average molecular weight is 552 g/mol. The number of amides is 1. The number of anilines is 1. The number of hydrogen-bond donors (Lipinski definition) is 2. The number of fused-ring (bicyclic) bond motifs is 1. The van der Waals surface area contributed by atoms with E-state index in [1.165, 1.54) is 25.1 Å². The molecule has 14 heteroatoms. The molecule has 1 aromatic carbocycles. The van der Waals surface area contributed by atoms with Gasteiger partial charge < -0.3 is 24.1 Å². The number of ether oxygens (including phenoxy) is 3. The Morgan fingerprint density at radius 1 is 1.32 bits per heavy atom. The number of esters is 1. The summed E-state index contributed by atoms with van der Waals surface area (Å²) in [5.41, 5.74) is 1.53. The number of imidazole rings is 1. The Morgan fingerprint density at radius 3 is 2.84 bits per heavy atom. The highest BCUT2D eigenvalue weighted by Crippen LogP contribution is 2.30. The predicted octanol–water partition coefficient (Wildman–Crippen LogP) is 2.47. The van der Waals surface area contributed by atoms with Crippen LogP contribution in [0.1, 0.15) is 27.2 Å². The molecule has 3 heterocycles. The SMILES string of the molecule is CCOC1OC(=O)CC1NS(=O)(=O)c1ccc(NC(C)=O)c(O[C@H](C)Cn2cnc3ccc(Cl)nc32)c1. The molecule has 198 valence electrons. The lowest BCUT2D eigenvalue weighted by molar-refractivity contribution is -0.163. The standard InChI is InChI=1S/C23H26ClN5O7S/c1-4-34-23-18(10-21(31)36-23)28-37(32,33)15-5-6-16(26-14(3)30)19(9-15)35-13(2)11-29-12-25-17-7-8-20(24)27-22(17)29/h5-9,12-13,18,23,28H,4,10-11H2,1-3H3,(H,26,30)/t13-,18?,23?/m1/s1. The van der Waals surface area contributed by atoms with Crippen molar-refractivity contribution < 1.29 is 32.2 Å². The number of nitrogens with zero attached hydrogens (tertiary/aromatic N) is 3. The zero-order valence-electron chi connectivity index (χ0n) is 20.3. The number of hydrogen-bond acceptors (Lipinski definition) is 9. The fraction of sp³-hybridized carbons (Fsp3) is 0.391. The maximum absolute atomic E-state index is 13.1. The molecule has 0 spiro atoms. The highest BCUT2D eigenvalue weighted by Gasteiger charge is 2.38. The molecule has 3 atom stereocenters. The minimum Gasteiger partial charge on any atom is -0.487 e. The molecule has 2 N–H and O–H groups in total. The van der Waals surface area contributed by atoms with Gasteiger partial charge >= 0.3 is 5.97 Å². The number of nitrogens with one attached hydrogen (secondary N) is 2. The van der Waals surface area contributed by atoms with E-state index < -0.39 is 34.4 Å². The van der Waals surface area contributed by atoms with Crippen LogP contribution >= 0.6 is 11.6 Å². The maximum atomic E-state index is 13.1. The van der Waals surface area contributed by atoms with Gasteiger partial charge in [0.05, 0.1) is 35.9 Å². The molecule has 4 rings (SSSR count). The number of carbonyl (C=O) groups is 2. The number of cyclic esters (lactones) is 1. The van der Waals surface area contributed by atoms with Gasteiger partial charge in [-0.2, -0.15) is 0 Å². The van der Waals surface area contributed by atoms with Crippen molar-refractivity contribution in [2.75, 3.05) is 11.9 Å². The van der Waals surface area contributed by atoms with Crippen LogP contribution in [-0.2, 0) is 35.6 Å². The Labute approximate surface area is 218 Å². The summed E-state index contributed by atoms with van der Waals surface area (Å²) in [5.74, 6) is -0.777. The highest BCUT2D eigenvalue weighted by molar-refractivity contribution is 7.89. The van der Waals surface area contributed by atoms with E-state index in [9.17, 15) is 18.0 Å². The van der Waals surface area contributed by atoms with Crippen LogP contribution in [0.4, 0.5) is 5.69 Å². The van der Waals surface area contributed by atoms with Crippen LogP contribution in [0, 0.1) is 0 Å². The first-order valence-electron chi connectivity index (χ1n) is 11.4. The molecule has 3 aromatic rings. The van der Waals surface area contributed by atoms with Crippen LogP contribution in [0.2, 0.25) is 5.15 Å². The van der Waals surface area contributed by atoms with Gasteiger partial charge in [0.15, 0.2) is 5.65 Å². The Bertz CT molecular complexity index is 1430. The minimum atomic E-state index is -4.10. The third-order valence-electron chi connectivity index (χ3n) is 5.39. The molecule has 1 amide bonds. The van der Waals surface area contributed by atoms with E-state index in [1.807, 2.05) is 0 Å². The summed E-state index contributed by atoms with van der Waals surface area (Å²) in [7, 11) is -4.10. The van der Waals surface area contributed by atoms with Crippen LogP contribution < -0.4 is 14.8 Å². The summed E-state index contributed by atoms with van der Waals surface area (Å²) in [6.07, 6.45) is -0.0632. The zero-order valence-corrected chi connectivity index (χ0v) is 21.9. The predicted molar refractivity (Wildman–Crippen MR) is 134 cm³/mol. The van der Waals surface area contributed by atoms with E-state index in [0.717, 1.165) is 0 Å². The van der Waals surface area contributed by atoms with Crippen molar-refractivity contribution >= 4 is 50.4 Å². The molecule has 0 aliphatic carbocycles. The number of halogens is 1. The molecule has 12 nitrogen and oxygen atoms in total. The van der Waals surface area contributed by atoms with E-state index in [0.29, 0.717) is 28.5 Å². The van der Waals surface area contributed by atoms with E-state index >= 15 is 0 Å². The molecule has 2 aromatic heterocycles. The van der Waals surface area contributed by atoms with Crippen LogP contribution in [0.3, 0.4) is 0 Å². The van der Waals surface area contributed by atoms with Gasteiger partial charge in [0.25, 0.3) is 0 Å². The number of sulfonamides is 1. The molecular formula is C23H26ClN5O7S. The van der Waals surface area contributed by atoms with E-state index in [4.69, 9.17) is 25.8 Å². The first kappa shape index (κ1) is 26.8. The van der Waals surface area contributed by atoms with Gasteiger partial charge in [0.1, 0.15) is 22.5 Å². The normalized spacial score (nSPS) is 18.5. The Hall–Kier alpha value is -3.26. The first-order valence-corrected chi connectivity index (χ1v) is 13.3. The van der Waals surface area contributed by atoms with Crippen LogP contribution in [-0.4, -0.2) is 59.9 Å². The highest BCUT2D eigenvalue weighted by atomic mass is 35.5. The summed E-state index contributed by atoms with van der Waals surface area (Å²) in [5, 5.41) is 2.96. The third kappa shape index (κ3) is 6.36. The second kappa shape index (κ2) is 11.0. The number of carbonyl (C=O) groups excluding carboxylic acids is 2. The fourth-order valence-electron chi connectivity index (χ4n) is 3.86. The van der Waals surface area contributed by atoms with Crippen molar-refractivity contribution in [3.8, 4) is 5.75 Å². The molecule has 1 saturated heterocycles. The van der Waals surface area contributed by atoms with Gasteiger partial charge in [-0.15, -0.1) is 0 Å². The third-order valence-corrected chi connectivity index (χ3v) is 7.08. The van der Waals surface area contributed by atoms with Crippen molar-refractivity contribution in [1.82, 2.24) is 19.3 Å². The summed E-state index contributed by atoms with van der Waals surface area (Å²) >= 11 is 6.02. The Kier molecular flexibility index (Phi) is 7.97. The van der Waals surface area contributed by atoms with Crippen molar-refractivity contribution in [2.24, 2.45) is 0 Å². The first-order chi connectivity index (χ1) is 17.6. The smallest absolute Gasteiger partial charge is 0.310 e. The quantitative estimate of drug-likeness (QED) is 0.286. The average Bonchev–Trinajstić information content (AvgIpc) is 3.36. The molecule has 0 saturated carbocycles. The summed E-state index contributed by atoms with van der Waals surface area (Å²) in [6.45, 7) is 5.38. The molecule has 2 unspecified atom stereocenters. The van der Waals surface area contributed by atoms with E-state index in [1.54, 1.807) is 36.9 Å². The number of pyridine rings is 1. The molecule has 1 fully saturated rings.